The Morgan fingerprint density at radius 1 is 1.00 bits per heavy atom. The number of imidazole rings is 1. The van der Waals surface area contributed by atoms with E-state index in [9.17, 15) is 0 Å². The molecule has 0 saturated heterocycles. The first kappa shape index (κ1) is 11.5. The fourth-order valence-electron chi connectivity index (χ4n) is 3.18. The fraction of sp³-hybridized carbons (Fsp3) is 0.438. The molecular weight excluding hydrogens is 220 g/mol. The Labute approximate surface area is 109 Å². The van der Waals surface area contributed by atoms with Crippen LogP contribution in [0.15, 0.2) is 42.7 Å². The average Bonchev–Trinajstić information content (AvgIpc) is 2.86. The molecule has 2 heteroatoms. The Hall–Kier alpha value is -1.57. The highest BCUT2D eigenvalue weighted by Gasteiger charge is 2.25. The van der Waals surface area contributed by atoms with E-state index in [-0.39, 0.29) is 0 Å². The minimum absolute atomic E-state index is 0.657. The van der Waals surface area contributed by atoms with Crippen molar-refractivity contribution >= 4 is 0 Å². The largest absolute Gasteiger partial charge is 0.338 e. The Bertz CT molecular complexity index is 493. The van der Waals surface area contributed by atoms with Gasteiger partial charge in [-0.3, -0.25) is 0 Å². The molecule has 0 unspecified atom stereocenters. The zero-order valence-corrected chi connectivity index (χ0v) is 10.9. The van der Waals surface area contributed by atoms with Crippen molar-refractivity contribution in [3.8, 4) is 0 Å². The van der Waals surface area contributed by atoms with Crippen LogP contribution >= 0.6 is 0 Å². The summed E-state index contributed by atoms with van der Waals surface area (Å²) in [5.41, 5.74) is 1.51. The normalized spacial score (nSPS) is 24.1. The van der Waals surface area contributed by atoms with Crippen molar-refractivity contribution < 1.29 is 0 Å². The number of hydrogen-bond acceptors (Lipinski definition) is 1. The summed E-state index contributed by atoms with van der Waals surface area (Å²) in [6, 6.07) is 10.9. The smallest absolute Gasteiger partial charge is 0.111 e. The highest BCUT2D eigenvalue weighted by molar-refractivity contribution is 5.20. The molecule has 1 saturated carbocycles. The Morgan fingerprint density at radius 2 is 1.67 bits per heavy atom. The number of benzene rings is 1. The molecule has 2 nitrogen and oxygen atoms in total. The first-order valence-corrected chi connectivity index (χ1v) is 6.87. The van der Waals surface area contributed by atoms with Crippen LogP contribution in [0.5, 0.6) is 0 Å². The van der Waals surface area contributed by atoms with E-state index in [4.69, 9.17) is 0 Å². The van der Waals surface area contributed by atoms with Gasteiger partial charge in [-0.05, 0) is 37.2 Å². The molecule has 0 atom stereocenters. The van der Waals surface area contributed by atoms with Crippen molar-refractivity contribution in [3.63, 3.8) is 0 Å². The lowest BCUT2D eigenvalue weighted by Crippen LogP contribution is -2.15. The summed E-state index contributed by atoms with van der Waals surface area (Å²) in [5.74, 6) is 2.68. The van der Waals surface area contributed by atoms with Crippen LogP contribution in [0.25, 0.3) is 0 Å². The predicted octanol–water partition coefficient (Wildman–Crippen LogP) is 3.86. The van der Waals surface area contributed by atoms with Crippen LogP contribution < -0.4 is 0 Å². The quantitative estimate of drug-likeness (QED) is 0.779. The number of rotatable bonds is 2. The van der Waals surface area contributed by atoms with E-state index >= 15 is 0 Å². The van der Waals surface area contributed by atoms with Gasteiger partial charge in [-0.1, -0.05) is 30.3 Å². The minimum Gasteiger partial charge on any atom is -0.338 e. The zero-order valence-electron chi connectivity index (χ0n) is 10.9. The summed E-state index contributed by atoms with van der Waals surface area (Å²) in [7, 11) is 2.10. The number of aromatic nitrogens is 2. The third kappa shape index (κ3) is 2.20. The molecule has 1 aliphatic carbocycles. The molecule has 1 aromatic heterocycles. The van der Waals surface area contributed by atoms with Gasteiger partial charge in [0.1, 0.15) is 5.82 Å². The standard InChI is InChI=1S/C16H20N2/c1-18-12-11-17-16(18)15-9-7-14(8-10-15)13-5-3-2-4-6-13/h2-6,11-12,14-15H,7-10H2,1H3. The molecule has 0 N–H and O–H groups in total. The summed E-state index contributed by atoms with van der Waals surface area (Å²) in [6.07, 6.45) is 9.09. The predicted molar refractivity (Wildman–Crippen MR) is 73.6 cm³/mol. The van der Waals surface area contributed by atoms with E-state index in [1.54, 1.807) is 0 Å². The third-order valence-corrected chi connectivity index (χ3v) is 4.22. The molecule has 1 heterocycles. The van der Waals surface area contributed by atoms with Gasteiger partial charge in [0.2, 0.25) is 0 Å². The highest BCUT2D eigenvalue weighted by atomic mass is 15.0. The van der Waals surface area contributed by atoms with Gasteiger partial charge in [0, 0.05) is 25.4 Å². The van der Waals surface area contributed by atoms with Crippen molar-refractivity contribution in [2.75, 3.05) is 0 Å². The van der Waals surface area contributed by atoms with Crippen LogP contribution in [0.2, 0.25) is 0 Å². The Kier molecular flexibility index (Phi) is 3.18. The van der Waals surface area contributed by atoms with E-state index < -0.39 is 0 Å². The molecule has 94 valence electrons. The zero-order chi connectivity index (χ0) is 12.4. The van der Waals surface area contributed by atoms with Crippen LogP contribution in [0, 0.1) is 0 Å². The van der Waals surface area contributed by atoms with Gasteiger partial charge < -0.3 is 4.57 Å². The monoisotopic (exact) mass is 240 g/mol. The first-order valence-electron chi connectivity index (χ1n) is 6.87. The fourth-order valence-corrected chi connectivity index (χ4v) is 3.18. The van der Waals surface area contributed by atoms with Crippen LogP contribution in [-0.2, 0) is 7.05 Å². The van der Waals surface area contributed by atoms with Crippen LogP contribution in [-0.4, -0.2) is 9.55 Å². The van der Waals surface area contributed by atoms with Crippen molar-refractivity contribution in [1.29, 1.82) is 0 Å². The van der Waals surface area contributed by atoms with E-state index in [0.29, 0.717) is 5.92 Å². The van der Waals surface area contributed by atoms with E-state index in [2.05, 4.69) is 53.1 Å². The molecular formula is C16H20N2. The van der Waals surface area contributed by atoms with E-state index in [1.165, 1.54) is 37.1 Å². The molecule has 1 aliphatic rings. The molecule has 1 aromatic carbocycles. The summed E-state index contributed by atoms with van der Waals surface area (Å²) in [4.78, 5) is 4.50. The van der Waals surface area contributed by atoms with Crippen molar-refractivity contribution in [2.24, 2.45) is 7.05 Å². The van der Waals surface area contributed by atoms with Crippen LogP contribution in [0.3, 0.4) is 0 Å². The summed E-state index contributed by atoms with van der Waals surface area (Å²) < 4.78 is 2.17. The second kappa shape index (κ2) is 4.97. The summed E-state index contributed by atoms with van der Waals surface area (Å²) in [6.45, 7) is 0. The van der Waals surface area contributed by atoms with Gasteiger partial charge in [0.15, 0.2) is 0 Å². The lowest BCUT2D eigenvalue weighted by Gasteiger charge is -2.28. The van der Waals surface area contributed by atoms with Gasteiger partial charge in [-0.25, -0.2) is 4.98 Å². The highest BCUT2D eigenvalue weighted by Crippen LogP contribution is 2.39. The molecule has 0 bridgehead atoms. The van der Waals surface area contributed by atoms with Crippen molar-refractivity contribution in [2.45, 2.75) is 37.5 Å². The molecule has 18 heavy (non-hydrogen) atoms. The lowest BCUT2D eigenvalue weighted by atomic mass is 9.78. The molecule has 1 fully saturated rings. The number of nitrogens with zero attached hydrogens (tertiary/aromatic N) is 2. The SMILES string of the molecule is Cn1ccnc1C1CCC(c2ccccc2)CC1. The van der Waals surface area contributed by atoms with Gasteiger partial charge in [-0.15, -0.1) is 0 Å². The summed E-state index contributed by atoms with van der Waals surface area (Å²) in [5, 5.41) is 0. The maximum atomic E-state index is 4.50. The summed E-state index contributed by atoms with van der Waals surface area (Å²) >= 11 is 0. The van der Waals surface area contributed by atoms with Crippen LogP contribution in [0.4, 0.5) is 0 Å². The van der Waals surface area contributed by atoms with Crippen LogP contribution in [0.1, 0.15) is 48.9 Å². The molecule has 3 rings (SSSR count). The maximum absolute atomic E-state index is 4.50. The van der Waals surface area contributed by atoms with Gasteiger partial charge in [-0.2, -0.15) is 0 Å². The number of aryl methyl sites for hydroxylation is 1. The molecule has 0 spiro atoms. The van der Waals surface area contributed by atoms with Crippen molar-refractivity contribution in [3.05, 3.63) is 54.1 Å². The minimum atomic E-state index is 0.657. The number of hydrogen-bond donors (Lipinski definition) is 0. The third-order valence-electron chi connectivity index (χ3n) is 4.22. The molecule has 0 aliphatic heterocycles. The molecule has 0 radical (unpaired) electrons. The van der Waals surface area contributed by atoms with Gasteiger partial charge in [0.05, 0.1) is 0 Å². The molecule has 2 aromatic rings. The topological polar surface area (TPSA) is 17.8 Å². The van der Waals surface area contributed by atoms with Gasteiger partial charge in [0.25, 0.3) is 0 Å². The Balaban J connectivity index is 1.67. The van der Waals surface area contributed by atoms with Gasteiger partial charge >= 0.3 is 0 Å². The molecule has 0 amide bonds. The second-order valence-corrected chi connectivity index (χ2v) is 5.36. The lowest BCUT2D eigenvalue weighted by molar-refractivity contribution is 0.380. The maximum Gasteiger partial charge on any atom is 0.111 e. The second-order valence-electron chi connectivity index (χ2n) is 5.36. The average molecular weight is 240 g/mol. The first-order chi connectivity index (χ1) is 8.84. The van der Waals surface area contributed by atoms with E-state index in [0.717, 1.165) is 5.92 Å². The van der Waals surface area contributed by atoms with Crippen molar-refractivity contribution in [1.82, 2.24) is 9.55 Å². The Morgan fingerprint density at radius 3 is 2.28 bits per heavy atom. The van der Waals surface area contributed by atoms with E-state index in [1.807, 2.05) is 6.20 Å².